The number of carboxylic acid groups (broad SMARTS) is 1. The molecule has 12 heteroatoms. The number of carbonyl (C=O) groups excluding carboxylic acids is 2. The number of allylic oxidation sites excluding steroid dienone is 4. The van der Waals surface area contributed by atoms with E-state index in [0.717, 1.165) is 57.8 Å². The van der Waals surface area contributed by atoms with Crippen molar-refractivity contribution in [2.75, 3.05) is 19.8 Å². The van der Waals surface area contributed by atoms with E-state index in [1.807, 2.05) is 0 Å². The van der Waals surface area contributed by atoms with Crippen LogP contribution in [0.15, 0.2) is 24.3 Å². The smallest absolute Gasteiger partial charge is 0.472 e. The highest BCUT2D eigenvalue weighted by Gasteiger charge is 2.28. The molecule has 304 valence electrons. The minimum atomic E-state index is -4.75. The van der Waals surface area contributed by atoms with Gasteiger partial charge in [0.05, 0.1) is 13.2 Å². The fraction of sp³-hybridized carbons (Fsp3) is 0.825. The molecule has 0 aromatic rings. The van der Waals surface area contributed by atoms with Gasteiger partial charge in [0, 0.05) is 12.8 Å². The number of aliphatic carboxylic acids is 1. The quantitative estimate of drug-likeness (QED) is 0.0206. The van der Waals surface area contributed by atoms with E-state index in [0.29, 0.717) is 12.8 Å². The third kappa shape index (κ3) is 35.0. The van der Waals surface area contributed by atoms with Gasteiger partial charge in [0.2, 0.25) is 5.91 Å². The average molecular weight is 760 g/mol. The highest BCUT2D eigenvalue weighted by molar-refractivity contribution is 7.47. The van der Waals surface area contributed by atoms with Crippen LogP contribution in [0.4, 0.5) is 0 Å². The number of hydrogen-bond donors (Lipinski definition) is 4. The Kier molecular flexibility index (Phi) is 34.6. The van der Waals surface area contributed by atoms with Gasteiger partial charge < -0.3 is 25.2 Å². The molecule has 0 aliphatic heterocycles. The van der Waals surface area contributed by atoms with Crippen LogP contribution in [-0.4, -0.2) is 64.9 Å². The Labute approximate surface area is 315 Å². The largest absolute Gasteiger partial charge is 0.480 e. The molecule has 3 atom stereocenters. The molecule has 52 heavy (non-hydrogen) atoms. The summed E-state index contributed by atoms with van der Waals surface area (Å²) >= 11 is 0. The van der Waals surface area contributed by atoms with Gasteiger partial charge in [-0.3, -0.25) is 18.6 Å². The molecule has 11 nitrogen and oxygen atoms in total. The lowest BCUT2D eigenvalue weighted by molar-refractivity contribution is -0.147. The molecule has 0 fully saturated rings. The molecule has 0 rings (SSSR count). The van der Waals surface area contributed by atoms with Crippen LogP contribution in [0, 0.1) is 0 Å². The minimum Gasteiger partial charge on any atom is -0.480 e. The van der Waals surface area contributed by atoms with Gasteiger partial charge in [-0.25, -0.2) is 9.36 Å². The Bertz CT molecular complexity index is 989. The second-order valence-corrected chi connectivity index (χ2v) is 15.3. The SMILES string of the molecule is CCCCCC/C=C\C/C=C\CCCCCCCC(=O)OCC(O)COP(=O)(O)OCC(NC(=O)CCCCCCCCCCCCCC)C(=O)O. The van der Waals surface area contributed by atoms with Gasteiger partial charge in [0.15, 0.2) is 6.04 Å². The Morgan fingerprint density at radius 1 is 0.615 bits per heavy atom. The van der Waals surface area contributed by atoms with E-state index in [2.05, 4.69) is 43.5 Å². The van der Waals surface area contributed by atoms with Gasteiger partial charge >= 0.3 is 19.8 Å². The van der Waals surface area contributed by atoms with E-state index in [-0.39, 0.29) is 12.8 Å². The molecule has 0 aromatic heterocycles. The summed E-state index contributed by atoms with van der Waals surface area (Å²) in [7, 11) is -4.75. The summed E-state index contributed by atoms with van der Waals surface area (Å²) in [4.78, 5) is 45.7. The first kappa shape index (κ1) is 50.0. The molecule has 4 N–H and O–H groups in total. The number of carbonyl (C=O) groups is 3. The summed E-state index contributed by atoms with van der Waals surface area (Å²) in [6, 6.07) is -1.54. The maximum absolute atomic E-state index is 12.2. The topological polar surface area (TPSA) is 169 Å². The second-order valence-electron chi connectivity index (χ2n) is 13.8. The maximum Gasteiger partial charge on any atom is 0.472 e. The number of phosphoric acid groups is 1. The van der Waals surface area contributed by atoms with Crippen molar-refractivity contribution in [3.63, 3.8) is 0 Å². The molecule has 0 aliphatic carbocycles. The number of aliphatic hydroxyl groups is 1. The van der Waals surface area contributed by atoms with Gasteiger partial charge in [-0.1, -0.05) is 147 Å². The summed E-state index contributed by atoms with van der Waals surface area (Å²) in [6.07, 6.45) is 34.9. The first-order valence-electron chi connectivity index (χ1n) is 20.4. The van der Waals surface area contributed by atoms with Gasteiger partial charge in [0.25, 0.3) is 0 Å². The van der Waals surface area contributed by atoms with Gasteiger partial charge in [-0.15, -0.1) is 0 Å². The van der Waals surface area contributed by atoms with Crippen LogP contribution in [0.3, 0.4) is 0 Å². The summed E-state index contributed by atoms with van der Waals surface area (Å²) in [5, 5.41) is 21.8. The molecule has 0 spiro atoms. The van der Waals surface area contributed by atoms with Crippen LogP contribution < -0.4 is 5.32 Å². The maximum atomic E-state index is 12.2. The Morgan fingerprint density at radius 3 is 1.58 bits per heavy atom. The van der Waals surface area contributed by atoms with Gasteiger partial charge in [-0.05, 0) is 44.9 Å². The van der Waals surface area contributed by atoms with Crippen molar-refractivity contribution >= 4 is 25.7 Å². The molecule has 0 bridgehead atoms. The second kappa shape index (κ2) is 36.0. The molecule has 3 unspecified atom stereocenters. The van der Waals surface area contributed by atoms with E-state index in [4.69, 9.17) is 13.8 Å². The van der Waals surface area contributed by atoms with E-state index in [9.17, 15) is 34.1 Å². The number of phosphoric ester groups is 1. The molecule has 0 saturated carbocycles. The van der Waals surface area contributed by atoms with Crippen LogP contribution >= 0.6 is 7.82 Å². The lowest BCUT2D eigenvalue weighted by Crippen LogP contribution is -2.43. The highest BCUT2D eigenvalue weighted by Crippen LogP contribution is 2.43. The lowest BCUT2D eigenvalue weighted by atomic mass is 10.0. The fourth-order valence-electron chi connectivity index (χ4n) is 5.52. The van der Waals surface area contributed by atoms with E-state index in [1.165, 1.54) is 83.5 Å². The Hall–Kier alpha value is -2.04. The first-order chi connectivity index (χ1) is 25.1. The number of rotatable bonds is 38. The predicted molar refractivity (Wildman–Crippen MR) is 208 cm³/mol. The van der Waals surface area contributed by atoms with Crippen LogP contribution in [-0.2, 0) is 32.7 Å². The van der Waals surface area contributed by atoms with Crippen molar-refractivity contribution in [2.24, 2.45) is 0 Å². The molecule has 0 saturated heterocycles. The van der Waals surface area contributed by atoms with E-state index >= 15 is 0 Å². The molecule has 0 radical (unpaired) electrons. The summed E-state index contributed by atoms with van der Waals surface area (Å²) < 4.78 is 26.7. The zero-order chi connectivity index (χ0) is 38.5. The zero-order valence-corrected chi connectivity index (χ0v) is 33.5. The van der Waals surface area contributed by atoms with Crippen molar-refractivity contribution in [3.8, 4) is 0 Å². The van der Waals surface area contributed by atoms with Crippen molar-refractivity contribution in [2.45, 2.75) is 193 Å². The third-order valence-corrected chi connectivity index (χ3v) is 9.69. The third-order valence-electron chi connectivity index (χ3n) is 8.74. The Balaban J connectivity index is 3.94. The van der Waals surface area contributed by atoms with Crippen molar-refractivity contribution in [1.29, 1.82) is 0 Å². The number of aliphatic hydroxyl groups excluding tert-OH is 1. The van der Waals surface area contributed by atoms with Gasteiger partial charge in [-0.2, -0.15) is 0 Å². The minimum absolute atomic E-state index is 0.148. The van der Waals surface area contributed by atoms with Gasteiger partial charge in [0.1, 0.15) is 12.7 Å². The number of hydrogen-bond acceptors (Lipinski definition) is 8. The van der Waals surface area contributed by atoms with Crippen molar-refractivity contribution in [3.05, 3.63) is 24.3 Å². The highest BCUT2D eigenvalue weighted by atomic mass is 31.2. The number of esters is 1. The molecule has 0 heterocycles. The lowest BCUT2D eigenvalue weighted by Gasteiger charge is -2.18. The summed E-state index contributed by atoms with van der Waals surface area (Å²) in [5.74, 6) is -2.38. The normalized spacial score (nSPS) is 14.1. The van der Waals surface area contributed by atoms with Crippen LogP contribution in [0.5, 0.6) is 0 Å². The fourth-order valence-corrected chi connectivity index (χ4v) is 6.29. The van der Waals surface area contributed by atoms with Crippen molar-refractivity contribution < 1.29 is 47.8 Å². The number of ether oxygens (including phenoxy) is 1. The van der Waals surface area contributed by atoms with E-state index in [1.54, 1.807) is 0 Å². The predicted octanol–water partition coefficient (Wildman–Crippen LogP) is 9.89. The van der Waals surface area contributed by atoms with Crippen LogP contribution in [0.25, 0.3) is 0 Å². The Morgan fingerprint density at radius 2 is 1.06 bits per heavy atom. The van der Waals surface area contributed by atoms with E-state index < -0.39 is 57.6 Å². The van der Waals surface area contributed by atoms with Crippen molar-refractivity contribution in [1.82, 2.24) is 5.32 Å². The number of carboxylic acids is 1. The number of unbranched alkanes of at least 4 members (excludes halogenated alkanes) is 20. The molecule has 1 amide bonds. The standard InChI is InChI=1S/C40H74NO10P/c1-3-5-7-9-11-13-15-17-18-19-20-22-24-26-28-30-32-39(44)49-33-36(42)34-50-52(47,48)51-35-37(40(45)46)41-38(43)31-29-27-25-23-21-16-14-12-10-8-6-4-2/h13,15,18-19,36-37,42H,3-12,14,16-17,20-35H2,1-2H3,(H,41,43)(H,45,46)(H,47,48)/b15-13-,19-18-. The average Bonchev–Trinajstić information content (AvgIpc) is 3.11. The van der Waals surface area contributed by atoms with Crippen LogP contribution in [0.1, 0.15) is 181 Å². The molecule has 0 aliphatic rings. The molecule has 0 aromatic carbocycles. The summed E-state index contributed by atoms with van der Waals surface area (Å²) in [5.41, 5.74) is 0. The molecular formula is C40H74NO10P. The molecular weight excluding hydrogens is 685 g/mol. The zero-order valence-electron chi connectivity index (χ0n) is 32.6. The summed E-state index contributed by atoms with van der Waals surface area (Å²) in [6.45, 7) is 2.54. The number of amides is 1. The first-order valence-corrected chi connectivity index (χ1v) is 21.9. The number of nitrogens with one attached hydrogen (secondary N) is 1. The van der Waals surface area contributed by atoms with Crippen LogP contribution in [0.2, 0.25) is 0 Å². The monoisotopic (exact) mass is 760 g/mol.